The SMILES string of the molecule is Cc1ccc(Cn2nccc2NC(=O)[C@H](C)NC(=O)OCc2ccccc2)o1. The van der Waals surface area contributed by atoms with Crippen molar-refractivity contribution in [1.29, 1.82) is 0 Å². The molecule has 8 nitrogen and oxygen atoms in total. The van der Waals surface area contributed by atoms with Gasteiger partial charge in [-0.2, -0.15) is 5.10 Å². The molecule has 0 aliphatic heterocycles. The van der Waals surface area contributed by atoms with Crippen molar-refractivity contribution in [3.05, 3.63) is 71.8 Å². The lowest BCUT2D eigenvalue weighted by atomic mass is 10.2. The molecule has 0 saturated heterocycles. The molecule has 1 atom stereocenters. The summed E-state index contributed by atoms with van der Waals surface area (Å²) in [6.07, 6.45) is 0.920. The predicted octanol–water partition coefficient (Wildman–Crippen LogP) is 3.09. The smallest absolute Gasteiger partial charge is 0.408 e. The summed E-state index contributed by atoms with van der Waals surface area (Å²) < 4.78 is 12.3. The molecule has 3 aromatic rings. The average Bonchev–Trinajstić information content (AvgIpc) is 3.30. The number of ether oxygens (including phenoxy) is 1. The molecular weight excluding hydrogens is 360 g/mol. The molecule has 28 heavy (non-hydrogen) atoms. The quantitative estimate of drug-likeness (QED) is 0.654. The molecule has 0 aliphatic carbocycles. The van der Waals surface area contributed by atoms with Crippen molar-refractivity contribution in [3.8, 4) is 0 Å². The van der Waals surface area contributed by atoms with Crippen LogP contribution in [0.2, 0.25) is 0 Å². The standard InChI is InChI=1S/C20H22N4O4/c1-14-8-9-17(28-14)12-24-18(10-11-21-24)23-19(25)15(2)22-20(26)27-13-16-6-4-3-5-7-16/h3-11,15H,12-13H2,1-2H3,(H,22,26)(H,23,25)/t15-/m0/s1. The van der Waals surface area contributed by atoms with E-state index >= 15 is 0 Å². The summed E-state index contributed by atoms with van der Waals surface area (Å²) in [6, 6.07) is 13.9. The van der Waals surface area contributed by atoms with Gasteiger partial charge in [0, 0.05) is 6.07 Å². The van der Waals surface area contributed by atoms with Gasteiger partial charge in [-0.1, -0.05) is 30.3 Å². The Labute approximate surface area is 162 Å². The van der Waals surface area contributed by atoms with Gasteiger partial charge in [0.05, 0.1) is 6.20 Å². The number of alkyl carbamates (subject to hydrolysis) is 1. The Hall–Kier alpha value is -3.55. The van der Waals surface area contributed by atoms with Crippen LogP contribution in [0, 0.1) is 6.92 Å². The van der Waals surface area contributed by atoms with E-state index in [1.807, 2.05) is 49.4 Å². The normalized spacial score (nSPS) is 11.6. The number of benzene rings is 1. The Balaban J connectivity index is 1.50. The zero-order chi connectivity index (χ0) is 19.9. The third-order valence-corrected chi connectivity index (χ3v) is 4.01. The topological polar surface area (TPSA) is 98.4 Å². The van der Waals surface area contributed by atoms with Gasteiger partial charge in [-0.15, -0.1) is 0 Å². The first-order valence-electron chi connectivity index (χ1n) is 8.86. The first kappa shape index (κ1) is 19.2. The van der Waals surface area contributed by atoms with Crippen LogP contribution >= 0.6 is 0 Å². The van der Waals surface area contributed by atoms with E-state index in [0.29, 0.717) is 12.4 Å². The summed E-state index contributed by atoms with van der Waals surface area (Å²) in [5.41, 5.74) is 0.867. The zero-order valence-electron chi connectivity index (χ0n) is 15.7. The molecule has 3 rings (SSSR count). The van der Waals surface area contributed by atoms with Gasteiger partial charge in [0.1, 0.15) is 36.5 Å². The molecular formula is C20H22N4O4. The second-order valence-corrected chi connectivity index (χ2v) is 6.30. The van der Waals surface area contributed by atoms with Crippen LogP contribution in [0.5, 0.6) is 0 Å². The summed E-state index contributed by atoms with van der Waals surface area (Å²) >= 11 is 0. The third-order valence-electron chi connectivity index (χ3n) is 4.01. The highest BCUT2D eigenvalue weighted by molar-refractivity contribution is 5.95. The fraction of sp³-hybridized carbons (Fsp3) is 0.250. The predicted molar refractivity (Wildman–Crippen MR) is 103 cm³/mol. The molecule has 0 bridgehead atoms. The molecule has 0 spiro atoms. The minimum atomic E-state index is -0.780. The number of rotatable bonds is 7. The van der Waals surface area contributed by atoms with Crippen molar-refractivity contribution in [3.63, 3.8) is 0 Å². The highest BCUT2D eigenvalue weighted by Gasteiger charge is 2.18. The van der Waals surface area contributed by atoms with E-state index in [1.54, 1.807) is 23.9 Å². The maximum atomic E-state index is 12.4. The summed E-state index contributed by atoms with van der Waals surface area (Å²) in [7, 11) is 0. The molecule has 0 aliphatic rings. The van der Waals surface area contributed by atoms with Crippen LogP contribution in [0.15, 0.2) is 59.1 Å². The number of anilines is 1. The number of hydrogen-bond donors (Lipinski definition) is 2. The lowest BCUT2D eigenvalue weighted by Gasteiger charge is -2.15. The minimum absolute atomic E-state index is 0.135. The Bertz CT molecular complexity index is 933. The molecule has 0 fully saturated rings. The van der Waals surface area contributed by atoms with Gasteiger partial charge in [-0.05, 0) is 31.5 Å². The van der Waals surface area contributed by atoms with Crippen molar-refractivity contribution in [2.24, 2.45) is 0 Å². The number of nitrogens with zero attached hydrogens (tertiary/aromatic N) is 2. The van der Waals surface area contributed by atoms with Crippen molar-refractivity contribution in [2.75, 3.05) is 5.32 Å². The maximum Gasteiger partial charge on any atom is 0.408 e. The van der Waals surface area contributed by atoms with Gasteiger partial charge in [0.25, 0.3) is 0 Å². The first-order valence-corrected chi connectivity index (χ1v) is 8.86. The van der Waals surface area contributed by atoms with E-state index in [0.717, 1.165) is 17.1 Å². The number of hydrogen-bond acceptors (Lipinski definition) is 5. The van der Waals surface area contributed by atoms with E-state index in [2.05, 4.69) is 15.7 Å². The summed E-state index contributed by atoms with van der Waals surface area (Å²) in [6.45, 7) is 3.96. The Morgan fingerprint density at radius 1 is 1.18 bits per heavy atom. The van der Waals surface area contributed by atoms with E-state index < -0.39 is 12.1 Å². The second-order valence-electron chi connectivity index (χ2n) is 6.30. The Morgan fingerprint density at radius 2 is 1.96 bits per heavy atom. The van der Waals surface area contributed by atoms with Gasteiger partial charge in [-0.3, -0.25) is 4.79 Å². The molecule has 0 unspecified atom stereocenters. The zero-order valence-corrected chi connectivity index (χ0v) is 15.7. The molecule has 1 aromatic carbocycles. The average molecular weight is 382 g/mol. The molecule has 0 radical (unpaired) electrons. The van der Waals surface area contributed by atoms with Crippen LogP contribution in [0.3, 0.4) is 0 Å². The molecule has 0 saturated carbocycles. The van der Waals surface area contributed by atoms with Crippen LogP contribution < -0.4 is 10.6 Å². The Morgan fingerprint density at radius 3 is 2.68 bits per heavy atom. The Kier molecular flexibility index (Phi) is 6.11. The van der Waals surface area contributed by atoms with Crippen molar-refractivity contribution < 1.29 is 18.7 Å². The van der Waals surface area contributed by atoms with Crippen molar-refractivity contribution in [1.82, 2.24) is 15.1 Å². The molecule has 2 N–H and O–H groups in total. The summed E-state index contributed by atoms with van der Waals surface area (Å²) in [5.74, 6) is 1.66. The van der Waals surface area contributed by atoms with Crippen molar-refractivity contribution >= 4 is 17.8 Å². The number of furan rings is 1. The number of carbonyl (C=O) groups is 2. The molecule has 2 amide bonds. The molecule has 146 valence electrons. The minimum Gasteiger partial charge on any atom is -0.464 e. The largest absolute Gasteiger partial charge is 0.464 e. The van der Waals surface area contributed by atoms with Gasteiger partial charge < -0.3 is 19.8 Å². The van der Waals surface area contributed by atoms with Crippen LogP contribution in [0.4, 0.5) is 10.6 Å². The number of aromatic nitrogens is 2. The van der Waals surface area contributed by atoms with Gasteiger partial charge in [0.15, 0.2) is 0 Å². The van der Waals surface area contributed by atoms with Gasteiger partial charge in [-0.25, -0.2) is 9.48 Å². The lowest BCUT2D eigenvalue weighted by Crippen LogP contribution is -2.42. The fourth-order valence-corrected chi connectivity index (χ4v) is 2.52. The highest BCUT2D eigenvalue weighted by Crippen LogP contribution is 2.13. The molecule has 8 heteroatoms. The monoisotopic (exact) mass is 382 g/mol. The lowest BCUT2D eigenvalue weighted by molar-refractivity contribution is -0.117. The fourth-order valence-electron chi connectivity index (χ4n) is 2.52. The summed E-state index contributed by atoms with van der Waals surface area (Å²) in [5, 5.41) is 9.45. The van der Waals surface area contributed by atoms with Crippen LogP contribution in [-0.2, 0) is 22.7 Å². The number of nitrogens with one attached hydrogen (secondary N) is 2. The van der Waals surface area contributed by atoms with Crippen LogP contribution in [0.1, 0.15) is 24.0 Å². The first-order chi connectivity index (χ1) is 13.5. The molecule has 2 aromatic heterocycles. The van der Waals surface area contributed by atoms with Gasteiger partial charge >= 0.3 is 6.09 Å². The van der Waals surface area contributed by atoms with Crippen LogP contribution in [-0.4, -0.2) is 27.8 Å². The van der Waals surface area contributed by atoms with Crippen LogP contribution in [0.25, 0.3) is 0 Å². The maximum absolute atomic E-state index is 12.4. The van der Waals surface area contributed by atoms with Crippen molar-refractivity contribution in [2.45, 2.75) is 33.0 Å². The number of aryl methyl sites for hydroxylation is 1. The third kappa shape index (κ3) is 5.23. The number of carbonyl (C=O) groups excluding carboxylic acids is 2. The summed E-state index contributed by atoms with van der Waals surface area (Å²) in [4.78, 5) is 24.3. The van der Waals surface area contributed by atoms with E-state index in [4.69, 9.17) is 9.15 Å². The second kappa shape index (κ2) is 8.90. The van der Waals surface area contributed by atoms with E-state index in [-0.39, 0.29) is 12.5 Å². The van der Waals surface area contributed by atoms with Gasteiger partial charge in [0.2, 0.25) is 5.91 Å². The van der Waals surface area contributed by atoms with E-state index in [9.17, 15) is 9.59 Å². The number of amides is 2. The highest BCUT2D eigenvalue weighted by atomic mass is 16.5. The molecule has 2 heterocycles. The van der Waals surface area contributed by atoms with E-state index in [1.165, 1.54) is 0 Å².